The maximum absolute atomic E-state index is 10.7. The van der Waals surface area contributed by atoms with Gasteiger partial charge in [-0.3, -0.25) is 0 Å². The van der Waals surface area contributed by atoms with Crippen molar-refractivity contribution in [3.8, 4) is 5.75 Å². The minimum atomic E-state index is 0.292. The summed E-state index contributed by atoms with van der Waals surface area (Å²) in [6, 6.07) is 10.8. The number of hydrogen-bond donors (Lipinski definition) is 1. The number of aromatic nitrogens is 3. The molecular weight excluding hydrogens is 434 g/mol. The average molecular weight is 456 g/mol. The maximum Gasteiger partial charge on any atom is 0.135 e. The van der Waals surface area contributed by atoms with Crippen molar-refractivity contribution in [2.45, 2.75) is 31.0 Å². The van der Waals surface area contributed by atoms with Crippen LogP contribution in [0.25, 0.3) is 10.9 Å². The van der Waals surface area contributed by atoms with Gasteiger partial charge in [0.15, 0.2) is 0 Å². The number of halogens is 1. The SMILES string of the molecule is Cc1ccc(SCc2cc3c(Cn4ccnc4)c(O)c(Br)cc3n2C)c(C)c1. The van der Waals surface area contributed by atoms with Gasteiger partial charge in [-0.25, -0.2) is 4.98 Å². The van der Waals surface area contributed by atoms with E-state index in [2.05, 4.69) is 70.6 Å². The van der Waals surface area contributed by atoms with Gasteiger partial charge in [0.05, 0.1) is 17.3 Å². The Morgan fingerprint density at radius 2 is 2.00 bits per heavy atom. The number of thioether (sulfide) groups is 1. The number of fused-ring (bicyclic) bond motifs is 1. The lowest BCUT2D eigenvalue weighted by Gasteiger charge is -2.10. The molecule has 1 N–H and O–H groups in total. The lowest BCUT2D eigenvalue weighted by Crippen LogP contribution is -1.99. The van der Waals surface area contributed by atoms with Gasteiger partial charge < -0.3 is 14.2 Å². The van der Waals surface area contributed by atoms with Crippen molar-refractivity contribution in [3.05, 3.63) is 75.9 Å². The molecule has 4 aromatic rings. The normalized spacial score (nSPS) is 11.4. The van der Waals surface area contributed by atoms with E-state index in [1.165, 1.54) is 21.7 Å². The quantitative estimate of drug-likeness (QED) is 0.386. The van der Waals surface area contributed by atoms with Gasteiger partial charge in [0.25, 0.3) is 0 Å². The highest BCUT2D eigenvalue weighted by atomic mass is 79.9. The van der Waals surface area contributed by atoms with Gasteiger partial charge >= 0.3 is 0 Å². The molecule has 0 atom stereocenters. The molecule has 0 aliphatic carbocycles. The van der Waals surface area contributed by atoms with Crippen LogP contribution in [0.3, 0.4) is 0 Å². The van der Waals surface area contributed by atoms with Crippen molar-refractivity contribution in [3.63, 3.8) is 0 Å². The topological polar surface area (TPSA) is 43.0 Å². The number of hydrogen-bond acceptors (Lipinski definition) is 3. The van der Waals surface area contributed by atoms with E-state index in [1.54, 1.807) is 12.5 Å². The Hall–Kier alpha value is -2.18. The second-order valence-electron chi connectivity index (χ2n) is 7.11. The number of phenolic OH excluding ortho intramolecular Hbond substituents is 1. The molecule has 0 aliphatic rings. The molecule has 0 amide bonds. The van der Waals surface area contributed by atoms with Crippen LogP contribution >= 0.6 is 27.7 Å². The molecule has 0 saturated heterocycles. The Morgan fingerprint density at radius 3 is 2.71 bits per heavy atom. The zero-order valence-corrected chi connectivity index (χ0v) is 18.5. The van der Waals surface area contributed by atoms with E-state index in [9.17, 15) is 5.11 Å². The molecule has 0 unspecified atom stereocenters. The summed E-state index contributed by atoms with van der Waals surface area (Å²) in [4.78, 5) is 5.42. The average Bonchev–Trinajstić information content (AvgIpc) is 3.27. The molecule has 0 radical (unpaired) electrons. The van der Waals surface area contributed by atoms with E-state index in [0.717, 1.165) is 22.2 Å². The fraction of sp³-hybridized carbons (Fsp3) is 0.227. The molecule has 2 heterocycles. The molecule has 4 rings (SSSR count). The highest BCUT2D eigenvalue weighted by Crippen LogP contribution is 2.38. The third kappa shape index (κ3) is 3.59. The molecule has 2 aromatic carbocycles. The van der Waals surface area contributed by atoms with Gasteiger partial charge in [-0.05, 0) is 53.5 Å². The minimum Gasteiger partial charge on any atom is -0.506 e. The summed E-state index contributed by atoms with van der Waals surface area (Å²) in [6.07, 6.45) is 5.43. The van der Waals surface area contributed by atoms with E-state index < -0.39 is 0 Å². The molecule has 0 fully saturated rings. The van der Waals surface area contributed by atoms with Crippen LogP contribution in [0.15, 0.2) is 58.4 Å². The summed E-state index contributed by atoms with van der Waals surface area (Å²) < 4.78 is 4.90. The molecule has 6 heteroatoms. The van der Waals surface area contributed by atoms with Crippen molar-refractivity contribution in [1.29, 1.82) is 0 Å². The number of nitrogens with zero attached hydrogens (tertiary/aromatic N) is 3. The van der Waals surface area contributed by atoms with Crippen LogP contribution in [-0.2, 0) is 19.3 Å². The highest BCUT2D eigenvalue weighted by Gasteiger charge is 2.17. The first-order chi connectivity index (χ1) is 13.4. The van der Waals surface area contributed by atoms with Gasteiger partial charge in [-0.1, -0.05) is 17.7 Å². The van der Waals surface area contributed by atoms with Crippen LogP contribution < -0.4 is 0 Å². The Labute approximate surface area is 177 Å². The molecule has 2 aromatic heterocycles. The third-order valence-electron chi connectivity index (χ3n) is 5.09. The van der Waals surface area contributed by atoms with E-state index in [0.29, 0.717) is 16.8 Å². The first kappa shape index (κ1) is 19.2. The standard InChI is InChI=1S/C22H22BrN3OS/c1-14-4-5-21(15(2)8-14)28-12-16-9-17-18(11-26-7-6-24-13-26)22(27)19(23)10-20(17)25(16)3/h4-10,13,27H,11-12H2,1-3H3. The summed E-state index contributed by atoms with van der Waals surface area (Å²) in [6.45, 7) is 4.86. The predicted molar refractivity (Wildman–Crippen MR) is 119 cm³/mol. The smallest absolute Gasteiger partial charge is 0.135 e. The van der Waals surface area contributed by atoms with E-state index in [1.807, 2.05) is 28.6 Å². The fourth-order valence-electron chi connectivity index (χ4n) is 3.52. The number of aromatic hydroxyl groups is 1. The summed E-state index contributed by atoms with van der Waals surface area (Å²) in [7, 11) is 2.09. The van der Waals surface area contributed by atoms with Gasteiger partial charge in [-0.15, -0.1) is 11.8 Å². The highest BCUT2D eigenvalue weighted by molar-refractivity contribution is 9.10. The van der Waals surface area contributed by atoms with E-state index in [-0.39, 0.29) is 0 Å². The molecule has 0 spiro atoms. The number of rotatable bonds is 5. The van der Waals surface area contributed by atoms with Gasteiger partial charge in [0, 0.05) is 52.3 Å². The Balaban J connectivity index is 1.71. The molecule has 0 bridgehead atoms. The minimum absolute atomic E-state index is 0.292. The van der Waals surface area contributed by atoms with E-state index >= 15 is 0 Å². The van der Waals surface area contributed by atoms with Crippen molar-refractivity contribution >= 4 is 38.6 Å². The summed E-state index contributed by atoms with van der Waals surface area (Å²) in [5, 5.41) is 11.7. The van der Waals surface area contributed by atoms with Crippen LogP contribution in [0.4, 0.5) is 0 Å². The van der Waals surface area contributed by atoms with Gasteiger partial charge in [0.1, 0.15) is 5.75 Å². The largest absolute Gasteiger partial charge is 0.506 e. The molecular formula is C22H22BrN3OS. The van der Waals surface area contributed by atoms with Gasteiger partial charge in [0.2, 0.25) is 0 Å². The number of benzene rings is 2. The number of phenols is 1. The summed E-state index contributed by atoms with van der Waals surface area (Å²) in [5.74, 6) is 1.17. The fourth-order valence-corrected chi connectivity index (χ4v) is 5.01. The Bertz CT molecular complexity index is 1150. The van der Waals surface area contributed by atoms with Crippen molar-refractivity contribution in [2.75, 3.05) is 0 Å². The van der Waals surface area contributed by atoms with Crippen molar-refractivity contribution < 1.29 is 5.11 Å². The maximum atomic E-state index is 10.7. The van der Waals surface area contributed by atoms with Crippen LogP contribution in [0.5, 0.6) is 5.75 Å². The van der Waals surface area contributed by atoms with Crippen molar-refractivity contribution in [2.24, 2.45) is 7.05 Å². The van der Waals surface area contributed by atoms with Crippen LogP contribution in [-0.4, -0.2) is 19.2 Å². The summed E-state index contributed by atoms with van der Waals surface area (Å²) >= 11 is 5.36. The monoisotopic (exact) mass is 455 g/mol. The Morgan fingerprint density at radius 1 is 1.18 bits per heavy atom. The first-order valence-corrected chi connectivity index (χ1v) is 10.9. The molecule has 144 valence electrons. The lowest BCUT2D eigenvalue weighted by molar-refractivity contribution is 0.464. The predicted octanol–water partition coefficient (Wildman–Crippen LogP) is 5.80. The first-order valence-electron chi connectivity index (χ1n) is 9.08. The molecule has 28 heavy (non-hydrogen) atoms. The number of imidazole rings is 1. The van der Waals surface area contributed by atoms with E-state index in [4.69, 9.17) is 0 Å². The lowest BCUT2D eigenvalue weighted by atomic mass is 10.1. The van der Waals surface area contributed by atoms with Crippen molar-refractivity contribution in [1.82, 2.24) is 14.1 Å². The molecule has 0 saturated carbocycles. The second kappa shape index (κ2) is 7.68. The van der Waals surface area contributed by atoms with Crippen LogP contribution in [0, 0.1) is 13.8 Å². The molecule has 4 nitrogen and oxygen atoms in total. The Kier molecular flexibility index (Phi) is 5.25. The second-order valence-corrected chi connectivity index (χ2v) is 8.98. The zero-order chi connectivity index (χ0) is 19.8. The zero-order valence-electron chi connectivity index (χ0n) is 16.1. The molecule has 0 aliphatic heterocycles. The van der Waals surface area contributed by atoms with Crippen LogP contribution in [0.1, 0.15) is 22.4 Å². The summed E-state index contributed by atoms with van der Waals surface area (Å²) in [5.41, 5.74) is 5.84. The number of aryl methyl sites for hydroxylation is 3. The van der Waals surface area contributed by atoms with Gasteiger partial charge in [-0.2, -0.15) is 0 Å². The third-order valence-corrected chi connectivity index (χ3v) is 6.90. The van der Waals surface area contributed by atoms with Crippen LogP contribution in [0.2, 0.25) is 0 Å².